The summed E-state index contributed by atoms with van der Waals surface area (Å²) in [7, 11) is 0. The van der Waals surface area contributed by atoms with Gasteiger partial charge in [-0.05, 0) is 56.7 Å². The molecule has 2 aromatic rings. The summed E-state index contributed by atoms with van der Waals surface area (Å²) < 4.78 is 1.24. The number of hydrogen-bond acceptors (Lipinski definition) is 4. The Morgan fingerprint density at radius 1 is 1.23 bits per heavy atom. The normalized spacial score (nSPS) is 28.6. The standard InChI is InChI=1S/C21H29N3OS/c1-14-11-15(2)13-23(12-14)21(25)16(3)24-10-6-8-18(24)20-22-17-7-4-5-9-19(17)26-20/h4-5,7,9,14-16,18H,6,8,10-13H2,1-3H3. The van der Waals surface area contributed by atoms with E-state index in [4.69, 9.17) is 4.98 Å². The number of carbonyl (C=O) groups is 1. The summed E-state index contributed by atoms with van der Waals surface area (Å²) in [6.45, 7) is 9.44. The summed E-state index contributed by atoms with van der Waals surface area (Å²) in [5, 5.41) is 1.17. The van der Waals surface area contributed by atoms with Crippen LogP contribution >= 0.6 is 11.3 Å². The predicted molar refractivity (Wildman–Crippen MR) is 107 cm³/mol. The maximum Gasteiger partial charge on any atom is 0.239 e. The Morgan fingerprint density at radius 3 is 2.69 bits per heavy atom. The highest BCUT2D eigenvalue weighted by Crippen LogP contribution is 2.38. The van der Waals surface area contributed by atoms with Crippen LogP contribution in [0, 0.1) is 11.8 Å². The number of nitrogens with zero attached hydrogens (tertiary/aromatic N) is 3. The molecule has 4 rings (SSSR count). The van der Waals surface area contributed by atoms with Crippen LogP contribution in [0.5, 0.6) is 0 Å². The molecule has 0 saturated carbocycles. The molecule has 1 amide bonds. The summed E-state index contributed by atoms with van der Waals surface area (Å²) in [5.74, 6) is 1.51. The smallest absolute Gasteiger partial charge is 0.239 e. The first-order valence-electron chi connectivity index (χ1n) is 9.93. The van der Waals surface area contributed by atoms with Crippen molar-refractivity contribution in [3.05, 3.63) is 29.3 Å². The van der Waals surface area contributed by atoms with Crippen molar-refractivity contribution in [3.63, 3.8) is 0 Å². The van der Waals surface area contributed by atoms with Gasteiger partial charge in [0.15, 0.2) is 0 Å². The van der Waals surface area contributed by atoms with Gasteiger partial charge in [0.05, 0.1) is 22.3 Å². The molecule has 0 bridgehead atoms. The lowest BCUT2D eigenvalue weighted by Crippen LogP contribution is -2.51. The second kappa shape index (κ2) is 7.28. The zero-order valence-corrected chi connectivity index (χ0v) is 16.8. The molecule has 1 aromatic carbocycles. The molecule has 3 heterocycles. The van der Waals surface area contributed by atoms with Gasteiger partial charge < -0.3 is 4.90 Å². The molecule has 0 aliphatic carbocycles. The third-order valence-corrected chi connectivity index (χ3v) is 7.06. The fraction of sp³-hybridized carbons (Fsp3) is 0.619. The van der Waals surface area contributed by atoms with E-state index >= 15 is 0 Å². The lowest BCUT2D eigenvalue weighted by molar-refractivity contribution is -0.139. The Labute approximate surface area is 160 Å². The topological polar surface area (TPSA) is 36.4 Å². The number of piperidine rings is 1. The maximum atomic E-state index is 13.2. The number of carbonyl (C=O) groups excluding carboxylic acids is 1. The number of rotatable bonds is 3. The minimum Gasteiger partial charge on any atom is -0.341 e. The van der Waals surface area contributed by atoms with Gasteiger partial charge in [-0.25, -0.2) is 4.98 Å². The largest absolute Gasteiger partial charge is 0.341 e. The lowest BCUT2D eigenvalue weighted by Gasteiger charge is -2.39. The van der Waals surface area contributed by atoms with Gasteiger partial charge in [-0.2, -0.15) is 0 Å². The van der Waals surface area contributed by atoms with Crippen LogP contribution in [-0.4, -0.2) is 46.4 Å². The van der Waals surface area contributed by atoms with Crippen molar-refractivity contribution in [2.45, 2.75) is 52.1 Å². The zero-order valence-electron chi connectivity index (χ0n) is 16.0. The second-order valence-electron chi connectivity index (χ2n) is 8.28. The van der Waals surface area contributed by atoms with Crippen LogP contribution in [0.15, 0.2) is 24.3 Å². The SMILES string of the molecule is CC1CC(C)CN(C(=O)C(C)N2CCCC2c2nc3ccccc3s2)C1. The highest BCUT2D eigenvalue weighted by Gasteiger charge is 2.37. The molecule has 2 aliphatic heterocycles. The van der Waals surface area contributed by atoms with Crippen molar-refractivity contribution in [1.82, 2.24) is 14.8 Å². The van der Waals surface area contributed by atoms with Crippen LogP contribution in [-0.2, 0) is 4.79 Å². The molecule has 0 spiro atoms. The molecule has 0 N–H and O–H groups in total. The van der Waals surface area contributed by atoms with Gasteiger partial charge in [-0.15, -0.1) is 11.3 Å². The molecule has 1 aromatic heterocycles. The number of likely N-dealkylation sites (tertiary alicyclic amines) is 2. The van der Waals surface area contributed by atoms with Crippen molar-refractivity contribution < 1.29 is 4.79 Å². The number of benzene rings is 1. The molecule has 4 atom stereocenters. The maximum absolute atomic E-state index is 13.2. The van der Waals surface area contributed by atoms with E-state index in [1.165, 1.54) is 16.1 Å². The minimum absolute atomic E-state index is 0.0630. The van der Waals surface area contributed by atoms with Gasteiger partial charge in [-0.3, -0.25) is 9.69 Å². The van der Waals surface area contributed by atoms with Gasteiger partial charge in [0.2, 0.25) is 5.91 Å². The number of thiazole rings is 1. The monoisotopic (exact) mass is 371 g/mol. The van der Waals surface area contributed by atoms with Gasteiger partial charge in [0, 0.05) is 13.1 Å². The third-order valence-electron chi connectivity index (χ3n) is 5.93. The van der Waals surface area contributed by atoms with Crippen molar-refractivity contribution in [2.24, 2.45) is 11.8 Å². The number of para-hydroxylation sites is 1. The minimum atomic E-state index is -0.0630. The van der Waals surface area contributed by atoms with E-state index in [1.54, 1.807) is 11.3 Å². The third kappa shape index (κ3) is 3.39. The summed E-state index contributed by atoms with van der Waals surface area (Å²) in [6.07, 6.45) is 3.48. The first-order valence-corrected chi connectivity index (χ1v) is 10.7. The summed E-state index contributed by atoms with van der Waals surface area (Å²) in [5.41, 5.74) is 1.08. The molecule has 140 valence electrons. The van der Waals surface area contributed by atoms with Gasteiger partial charge >= 0.3 is 0 Å². The number of hydrogen-bond donors (Lipinski definition) is 0. The van der Waals surface area contributed by atoms with E-state index in [0.717, 1.165) is 38.0 Å². The summed E-state index contributed by atoms with van der Waals surface area (Å²) >= 11 is 1.79. The van der Waals surface area contributed by atoms with E-state index in [-0.39, 0.29) is 12.1 Å². The van der Waals surface area contributed by atoms with Gasteiger partial charge in [0.25, 0.3) is 0 Å². The molecule has 4 unspecified atom stereocenters. The quantitative estimate of drug-likeness (QED) is 0.806. The van der Waals surface area contributed by atoms with Crippen molar-refractivity contribution >= 4 is 27.5 Å². The fourth-order valence-electron chi connectivity index (χ4n) is 4.80. The zero-order chi connectivity index (χ0) is 18.3. The van der Waals surface area contributed by atoms with E-state index < -0.39 is 0 Å². The van der Waals surface area contributed by atoms with Crippen LogP contribution in [0.25, 0.3) is 10.2 Å². The highest BCUT2D eigenvalue weighted by atomic mass is 32.1. The summed E-state index contributed by atoms with van der Waals surface area (Å²) in [4.78, 5) is 22.6. The van der Waals surface area contributed by atoms with E-state index in [1.807, 2.05) is 6.07 Å². The molecule has 26 heavy (non-hydrogen) atoms. The highest BCUT2D eigenvalue weighted by molar-refractivity contribution is 7.18. The molecule has 2 fully saturated rings. The van der Waals surface area contributed by atoms with Crippen molar-refractivity contribution in [2.75, 3.05) is 19.6 Å². The van der Waals surface area contributed by atoms with Crippen LogP contribution in [0.1, 0.15) is 51.1 Å². The fourth-order valence-corrected chi connectivity index (χ4v) is 5.92. The Kier molecular flexibility index (Phi) is 5.02. The first-order chi connectivity index (χ1) is 12.5. The number of aromatic nitrogens is 1. The molecular formula is C21H29N3OS. The van der Waals surface area contributed by atoms with E-state index in [9.17, 15) is 4.79 Å². The van der Waals surface area contributed by atoms with Crippen molar-refractivity contribution in [3.8, 4) is 0 Å². The van der Waals surface area contributed by atoms with Gasteiger partial charge in [0.1, 0.15) is 5.01 Å². The predicted octanol–water partition coefficient (Wildman–Crippen LogP) is 4.33. The Morgan fingerprint density at radius 2 is 1.96 bits per heavy atom. The van der Waals surface area contributed by atoms with Crippen molar-refractivity contribution in [1.29, 1.82) is 0 Å². The molecule has 2 aliphatic rings. The van der Waals surface area contributed by atoms with Crippen LogP contribution < -0.4 is 0 Å². The van der Waals surface area contributed by atoms with Gasteiger partial charge in [-0.1, -0.05) is 26.0 Å². The first kappa shape index (κ1) is 17.9. The molecule has 2 saturated heterocycles. The molecular weight excluding hydrogens is 342 g/mol. The van der Waals surface area contributed by atoms with Crippen LogP contribution in [0.2, 0.25) is 0 Å². The van der Waals surface area contributed by atoms with E-state index in [0.29, 0.717) is 17.7 Å². The molecule has 5 heteroatoms. The lowest BCUT2D eigenvalue weighted by atomic mass is 9.91. The average molecular weight is 372 g/mol. The van der Waals surface area contributed by atoms with E-state index in [2.05, 4.69) is 48.8 Å². The Bertz CT molecular complexity index is 745. The van der Waals surface area contributed by atoms with Crippen LogP contribution in [0.4, 0.5) is 0 Å². The number of fused-ring (bicyclic) bond motifs is 1. The Balaban J connectivity index is 1.52. The molecule has 0 radical (unpaired) electrons. The molecule has 4 nitrogen and oxygen atoms in total. The summed E-state index contributed by atoms with van der Waals surface area (Å²) in [6, 6.07) is 8.56. The second-order valence-corrected chi connectivity index (χ2v) is 9.34. The Hall–Kier alpha value is -1.46. The average Bonchev–Trinajstić information content (AvgIpc) is 3.25. The van der Waals surface area contributed by atoms with Crippen LogP contribution in [0.3, 0.4) is 0 Å². The number of amides is 1.